The molecule has 0 fully saturated rings. The number of ether oxygens (including phenoxy) is 3. The van der Waals surface area contributed by atoms with Gasteiger partial charge in [-0.1, -0.05) is 290 Å². The lowest BCUT2D eigenvalue weighted by Crippen LogP contribution is -2.30. The van der Waals surface area contributed by atoms with Gasteiger partial charge < -0.3 is 14.2 Å². The minimum Gasteiger partial charge on any atom is -0.462 e. The summed E-state index contributed by atoms with van der Waals surface area (Å²) < 4.78 is 16.9. The molecular formula is C73H122O6. The summed E-state index contributed by atoms with van der Waals surface area (Å²) in [6, 6.07) is 0. The van der Waals surface area contributed by atoms with Crippen LogP contribution in [0, 0.1) is 0 Å². The Balaban J connectivity index is 4.24. The standard InChI is InChI=1S/C73H122O6/c1-4-7-10-13-16-19-22-24-26-28-30-31-32-33-34-35-36-37-38-39-40-41-42-43-44-46-47-49-51-54-57-60-63-66-72(75)78-69-70(68-77-71(74)65-62-59-56-53-21-18-15-12-9-6-3)79-73(76)67-64-61-58-55-52-50-48-45-29-27-25-23-20-17-14-11-8-5-2/h7,10,16,19-20,23-24,26-27,29-31,33-34,36-37,39-40,42-43,70H,4-6,8-9,11-15,17-18,21-22,25,28,32,35,38,41,44-69H2,1-3H3/b10-7-,19-16-,23-20-,26-24-,29-27-,31-30-,34-33-,37-36-,40-39-,43-42-. The Morgan fingerprint density at radius 2 is 0.494 bits per heavy atom. The van der Waals surface area contributed by atoms with Crippen LogP contribution in [0.3, 0.4) is 0 Å². The highest BCUT2D eigenvalue weighted by molar-refractivity contribution is 5.71. The van der Waals surface area contributed by atoms with E-state index in [0.29, 0.717) is 19.3 Å². The van der Waals surface area contributed by atoms with Crippen molar-refractivity contribution < 1.29 is 28.6 Å². The molecule has 1 atom stereocenters. The van der Waals surface area contributed by atoms with Gasteiger partial charge in [-0.05, 0) is 116 Å². The number of carbonyl (C=O) groups excluding carboxylic acids is 3. The number of allylic oxidation sites excluding steroid dienone is 20. The van der Waals surface area contributed by atoms with Crippen LogP contribution in [0.25, 0.3) is 0 Å². The molecule has 0 N–H and O–H groups in total. The van der Waals surface area contributed by atoms with E-state index in [2.05, 4.69) is 142 Å². The number of esters is 3. The van der Waals surface area contributed by atoms with Crippen molar-refractivity contribution in [1.82, 2.24) is 0 Å². The monoisotopic (exact) mass is 1090 g/mol. The van der Waals surface area contributed by atoms with Gasteiger partial charge in [0.25, 0.3) is 0 Å². The van der Waals surface area contributed by atoms with Crippen molar-refractivity contribution >= 4 is 17.9 Å². The second-order valence-electron chi connectivity index (χ2n) is 21.6. The molecule has 1 unspecified atom stereocenters. The first-order valence-electron chi connectivity index (χ1n) is 33.0. The number of rotatable bonds is 59. The van der Waals surface area contributed by atoms with Crippen LogP contribution in [0.15, 0.2) is 122 Å². The molecule has 450 valence electrons. The molecule has 0 spiro atoms. The minimum absolute atomic E-state index is 0.0828. The first kappa shape index (κ1) is 74.8. The zero-order valence-corrected chi connectivity index (χ0v) is 51.6. The molecule has 79 heavy (non-hydrogen) atoms. The van der Waals surface area contributed by atoms with Gasteiger partial charge in [0.05, 0.1) is 0 Å². The van der Waals surface area contributed by atoms with Gasteiger partial charge in [-0.2, -0.15) is 0 Å². The Bertz CT molecular complexity index is 1640. The van der Waals surface area contributed by atoms with Crippen LogP contribution in [0.2, 0.25) is 0 Å². The molecule has 0 saturated carbocycles. The van der Waals surface area contributed by atoms with Crippen LogP contribution in [-0.2, 0) is 28.6 Å². The van der Waals surface area contributed by atoms with E-state index in [-0.39, 0.29) is 31.1 Å². The molecule has 0 bridgehead atoms. The summed E-state index contributed by atoms with van der Waals surface area (Å²) in [5, 5.41) is 0. The summed E-state index contributed by atoms with van der Waals surface area (Å²) in [6.07, 6.45) is 92.1. The first-order valence-corrected chi connectivity index (χ1v) is 33.0. The van der Waals surface area contributed by atoms with E-state index < -0.39 is 6.10 Å². The predicted molar refractivity (Wildman–Crippen MR) is 343 cm³/mol. The van der Waals surface area contributed by atoms with E-state index in [0.717, 1.165) is 128 Å². The van der Waals surface area contributed by atoms with Crippen molar-refractivity contribution in [3.05, 3.63) is 122 Å². The van der Waals surface area contributed by atoms with E-state index in [9.17, 15) is 14.4 Å². The molecule has 0 aromatic heterocycles. The lowest BCUT2D eigenvalue weighted by atomic mass is 10.1. The highest BCUT2D eigenvalue weighted by Crippen LogP contribution is 2.16. The fourth-order valence-corrected chi connectivity index (χ4v) is 9.02. The highest BCUT2D eigenvalue weighted by Gasteiger charge is 2.19. The average Bonchev–Trinajstić information content (AvgIpc) is 3.45. The molecule has 0 aliphatic carbocycles. The molecule has 0 rings (SSSR count). The zero-order valence-electron chi connectivity index (χ0n) is 51.6. The number of carbonyl (C=O) groups is 3. The Morgan fingerprint density at radius 3 is 0.785 bits per heavy atom. The first-order chi connectivity index (χ1) is 39.0. The van der Waals surface area contributed by atoms with Gasteiger partial charge in [-0.15, -0.1) is 0 Å². The molecule has 0 heterocycles. The zero-order chi connectivity index (χ0) is 57.1. The molecule has 0 saturated heterocycles. The van der Waals surface area contributed by atoms with E-state index in [4.69, 9.17) is 14.2 Å². The lowest BCUT2D eigenvalue weighted by Gasteiger charge is -2.18. The van der Waals surface area contributed by atoms with Gasteiger partial charge in [0.1, 0.15) is 13.2 Å². The maximum absolute atomic E-state index is 12.9. The second kappa shape index (κ2) is 66.3. The summed E-state index contributed by atoms with van der Waals surface area (Å²) in [4.78, 5) is 38.2. The number of hydrogen-bond donors (Lipinski definition) is 0. The molecular weight excluding hydrogens is 973 g/mol. The van der Waals surface area contributed by atoms with Crippen molar-refractivity contribution in [2.45, 2.75) is 309 Å². The summed E-state index contributed by atoms with van der Waals surface area (Å²) in [7, 11) is 0. The van der Waals surface area contributed by atoms with Crippen LogP contribution < -0.4 is 0 Å². The van der Waals surface area contributed by atoms with Crippen molar-refractivity contribution in [1.29, 1.82) is 0 Å². The number of hydrogen-bond acceptors (Lipinski definition) is 6. The maximum atomic E-state index is 12.9. The topological polar surface area (TPSA) is 78.9 Å². The van der Waals surface area contributed by atoms with E-state index in [1.807, 2.05) is 0 Å². The van der Waals surface area contributed by atoms with Crippen LogP contribution in [0.5, 0.6) is 0 Å². The minimum atomic E-state index is -0.786. The largest absolute Gasteiger partial charge is 0.462 e. The highest BCUT2D eigenvalue weighted by atomic mass is 16.6. The van der Waals surface area contributed by atoms with Crippen LogP contribution in [-0.4, -0.2) is 37.2 Å². The van der Waals surface area contributed by atoms with Crippen molar-refractivity contribution in [2.24, 2.45) is 0 Å². The van der Waals surface area contributed by atoms with Gasteiger partial charge >= 0.3 is 17.9 Å². The Labute approximate surface area is 488 Å². The van der Waals surface area contributed by atoms with E-state index in [1.165, 1.54) is 135 Å². The average molecular weight is 1100 g/mol. The predicted octanol–water partition coefficient (Wildman–Crippen LogP) is 22.8. The van der Waals surface area contributed by atoms with Crippen LogP contribution >= 0.6 is 0 Å². The fraction of sp³-hybridized carbons (Fsp3) is 0.685. The molecule has 6 nitrogen and oxygen atoms in total. The molecule has 0 radical (unpaired) electrons. The summed E-state index contributed by atoms with van der Waals surface area (Å²) in [5.74, 6) is -0.895. The fourth-order valence-electron chi connectivity index (χ4n) is 9.02. The van der Waals surface area contributed by atoms with Gasteiger partial charge in [0, 0.05) is 19.3 Å². The van der Waals surface area contributed by atoms with Gasteiger partial charge in [0.15, 0.2) is 6.10 Å². The lowest BCUT2D eigenvalue weighted by molar-refractivity contribution is -0.167. The maximum Gasteiger partial charge on any atom is 0.306 e. The quantitative estimate of drug-likeness (QED) is 0.0261. The van der Waals surface area contributed by atoms with Crippen molar-refractivity contribution in [2.75, 3.05) is 13.2 Å². The van der Waals surface area contributed by atoms with Crippen LogP contribution in [0.4, 0.5) is 0 Å². The van der Waals surface area contributed by atoms with Gasteiger partial charge in [0.2, 0.25) is 0 Å². The van der Waals surface area contributed by atoms with Crippen LogP contribution in [0.1, 0.15) is 303 Å². The number of unbranched alkanes of at least 4 members (excludes halogenated alkanes) is 28. The molecule has 0 aromatic rings. The molecule has 0 aromatic carbocycles. The Kier molecular flexibility index (Phi) is 62.8. The smallest absolute Gasteiger partial charge is 0.306 e. The summed E-state index contributed by atoms with van der Waals surface area (Å²) in [6.45, 7) is 6.50. The summed E-state index contributed by atoms with van der Waals surface area (Å²) in [5.41, 5.74) is 0. The van der Waals surface area contributed by atoms with Gasteiger partial charge in [-0.25, -0.2) is 0 Å². The SMILES string of the molecule is CC/C=C\C/C=C\C/C=C\C/C=C\C/C=C\C/C=C\C/C=C\C/C=C\CCCCCCCCCCC(=O)OCC(COC(=O)CCCCCCCCCCCC)OC(=O)CCCCCCCCC/C=C\C/C=C\CCCCCC. The molecule has 0 aliphatic rings. The third-order valence-corrected chi connectivity index (χ3v) is 14.0. The Morgan fingerprint density at radius 1 is 0.266 bits per heavy atom. The van der Waals surface area contributed by atoms with E-state index in [1.54, 1.807) is 0 Å². The van der Waals surface area contributed by atoms with Crippen molar-refractivity contribution in [3.8, 4) is 0 Å². The van der Waals surface area contributed by atoms with Crippen molar-refractivity contribution in [3.63, 3.8) is 0 Å². The van der Waals surface area contributed by atoms with E-state index >= 15 is 0 Å². The third kappa shape index (κ3) is 64.5. The second-order valence-corrected chi connectivity index (χ2v) is 21.6. The van der Waals surface area contributed by atoms with Gasteiger partial charge in [-0.3, -0.25) is 14.4 Å². The Hall–Kier alpha value is -4.19. The third-order valence-electron chi connectivity index (χ3n) is 14.0. The molecule has 0 amide bonds. The molecule has 6 heteroatoms. The normalized spacial score (nSPS) is 12.9. The molecule has 0 aliphatic heterocycles. The summed E-state index contributed by atoms with van der Waals surface area (Å²) >= 11 is 0.